The molecule has 1 amide bonds. The smallest absolute Gasteiger partial charge is 0.255 e. The molecule has 0 aromatic carbocycles. The van der Waals surface area contributed by atoms with Crippen LogP contribution in [0.15, 0.2) is 24.5 Å². The van der Waals surface area contributed by atoms with Crippen LogP contribution in [-0.4, -0.2) is 41.6 Å². The lowest BCUT2D eigenvalue weighted by Crippen LogP contribution is -2.37. The first-order valence-electron chi connectivity index (χ1n) is 6.63. The lowest BCUT2D eigenvalue weighted by atomic mass is 10.1. The van der Waals surface area contributed by atoms with E-state index in [9.17, 15) is 4.79 Å². The summed E-state index contributed by atoms with van der Waals surface area (Å²) in [4.78, 5) is 18.5. The Kier molecular flexibility index (Phi) is 3.28. The van der Waals surface area contributed by atoms with E-state index in [1.165, 1.54) is 0 Å². The maximum Gasteiger partial charge on any atom is 0.255 e. The summed E-state index contributed by atoms with van der Waals surface area (Å²) >= 11 is 0. The molecule has 18 heavy (non-hydrogen) atoms. The number of pyridine rings is 1. The summed E-state index contributed by atoms with van der Waals surface area (Å²) < 4.78 is 5.39. The highest BCUT2D eigenvalue weighted by Gasteiger charge is 2.35. The zero-order chi connectivity index (χ0) is 12.4. The molecule has 0 spiro atoms. The highest BCUT2D eigenvalue weighted by atomic mass is 16.5. The van der Waals surface area contributed by atoms with Crippen molar-refractivity contribution in [3.63, 3.8) is 0 Å². The first kappa shape index (κ1) is 11.7. The molecule has 1 aliphatic carbocycles. The van der Waals surface area contributed by atoms with Crippen molar-refractivity contribution in [1.29, 1.82) is 0 Å². The molecule has 2 fully saturated rings. The largest absolute Gasteiger partial charge is 0.381 e. The second-order valence-electron chi connectivity index (χ2n) is 5.16. The SMILES string of the molecule is O=C(c1cccnc1)N(C[C@H]1CCOC1)C1CC1. The summed E-state index contributed by atoms with van der Waals surface area (Å²) in [5, 5.41) is 0. The van der Waals surface area contributed by atoms with Gasteiger partial charge in [0.05, 0.1) is 12.2 Å². The van der Waals surface area contributed by atoms with E-state index in [-0.39, 0.29) is 5.91 Å². The van der Waals surface area contributed by atoms with Crippen LogP contribution in [0.3, 0.4) is 0 Å². The molecule has 2 aliphatic rings. The summed E-state index contributed by atoms with van der Waals surface area (Å²) in [6, 6.07) is 4.10. The third kappa shape index (κ3) is 2.53. The van der Waals surface area contributed by atoms with Crippen LogP contribution in [0.2, 0.25) is 0 Å². The van der Waals surface area contributed by atoms with Crippen molar-refractivity contribution in [2.24, 2.45) is 5.92 Å². The van der Waals surface area contributed by atoms with Gasteiger partial charge in [-0.05, 0) is 31.4 Å². The quantitative estimate of drug-likeness (QED) is 0.812. The third-order valence-electron chi connectivity index (χ3n) is 3.64. The number of ether oxygens (including phenoxy) is 1. The Morgan fingerprint density at radius 2 is 2.33 bits per heavy atom. The van der Waals surface area contributed by atoms with Crippen LogP contribution in [0, 0.1) is 5.92 Å². The highest BCUT2D eigenvalue weighted by Crippen LogP contribution is 2.30. The van der Waals surface area contributed by atoms with Gasteiger partial charge in [-0.15, -0.1) is 0 Å². The van der Waals surface area contributed by atoms with Gasteiger partial charge in [-0.1, -0.05) is 0 Å². The maximum atomic E-state index is 12.5. The summed E-state index contributed by atoms with van der Waals surface area (Å²) in [5.74, 6) is 0.628. The first-order valence-corrected chi connectivity index (χ1v) is 6.63. The molecule has 1 atom stereocenters. The van der Waals surface area contributed by atoms with Gasteiger partial charge in [0.25, 0.3) is 5.91 Å². The zero-order valence-corrected chi connectivity index (χ0v) is 10.4. The van der Waals surface area contributed by atoms with Gasteiger partial charge in [0.1, 0.15) is 0 Å². The van der Waals surface area contributed by atoms with Gasteiger partial charge in [0, 0.05) is 37.5 Å². The standard InChI is InChI=1S/C14H18N2O2/c17-14(12-2-1-6-15-8-12)16(13-3-4-13)9-11-5-7-18-10-11/h1-2,6,8,11,13H,3-5,7,9-10H2/t11-/m1/s1. The van der Waals surface area contributed by atoms with Crippen LogP contribution in [0.4, 0.5) is 0 Å². The van der Waals surface area contributed by atoms with E-state index in [0.29, 0.717) is 17.5 Å². The fourth-order valence-electron chi connectivity index (χ4n) is 2.44. The molecule has 0 N–H and O–H groups in total. The van der Waals surface area contributed by atoms with E-state index >= 15 is 0 Å². The Labute approximate surface area is 107 Å². The second-order valence-corrected chi connectivity index (χ2v) is 5.16. The van der Waals surface area contributed by atoms with E-state index in [0.717, 1.165) is 39.0 Å². The van der Waals surface area contributed by atoms with Gasteiger partial charge < -0.3 is 9.64 Å². The molecular weight excluding hydrogens is 228 g/mol. The number of carbonyl (C=O) groups is 1. The molecule has 2 heterocycles. The van der Waals surface area contributed by atoms with Crippen LogP contribution < -0.4 is 0 Å². The second kappa shape index (κ2) is 5.06. The summed E-state index contributed by atoms with van der Waals surface area (Å²) in [5.41, 5.74) is 0.698. The molecule has 3 rings (SSSR count). The minimum Gasteiger partial charge on any atom is -0.381 e. The lowest BCUT2D eigenvalue weighted by Gasteiger charge is -2.25. The molecule has 0 radical (unpaired) electrons. The van der Waals surface area contributed by atoms with Gasteiger partial charge in [-0.2, -0.15) is 0 Å². The molecule has 1 saturated heterocycles. The Balaban J connectivity index is 1.71. The van der Waals surface area contributed by atoms with Crippen molar-refractivity contribution >= 4 is 5.91 Å². The first-order chi connectivity index (χ1) is 8.84. The van der Waals surface area contributed by atoms with Gasteiger partial charge in [-0.25, -0.2) is 0 Å². The highest BCUT2D eigenvalue weighted by molar-refractivity contribution is 5.94. The van der Waals surface area contributed by atoms with Crippen LogP contribution in [0.1, 0.15) is 29.6 Å². The maximum absolute atomic E-state index is 12.5. The number of hydrogen-bond acceptors (Lipinski definition) is 3. The Morgan fingerprint density at radius 1 is 1.44 bits per heavy atom. The molecule has 1 aromatic rings. The average molecular weight is 246 g/mol. The third-order valence-corrected chi connectivity index (χ3v) is 3.64. The number of aromatic nitrogens is 1. The molecule has 96 valence electrons. The predicted molar refractivity (Wildman–Crippen MR) is 67.2 cm³/mol. The Hall–Kier alpha value is -1.42. The fourth-order valence-corrected chi connectivity index (χ4v) is 2.44. The number of amides is 1. The number of carbonyl (C=O) groups excluding carboxylic acids is 1. The number of nitrogens with zero attached hydrogens (tertiary/aromatic N) is 2. The van der Waals surface area contributed by atoms with Crippen LogP contribution in [0.5, 0.6) is 0 Å². The molecular formula is C14H18N2O2. The summed E-state index contributed by atoms with van der Waals surface area (Å²) in [7, 11) is 0. The average Bonchev–Trinajstić information content (AvgIpc) is 3.13. The van der Waals surface area contributed by atoms with Crippen molar-refractivity contribution in [2.45, 2.75) is 25.3 Å². The monoisotopic (exact) mass is 246 g/mol. The van der Waals surface area contributed by atoms with Gasteiger partial charge in [0.2, 0.25) is 0 Å². The minimum atomic E-state index is 0.123. The summed E-state index contributed by atoms with van der Waals surface area (Å²) in [6.07, 6.45) is 6.70. The van der Waals surface area contributed by atoms with E-state index in [1.807, 2.05) is 17.0 Å². The van der Waals surface area contributed by atoms with Crippen LogP contribution in [0.25, 0.3) is 0 Å². The molecule has 4 nitrogen and oxygen atoms in total. The predicted octanol–water partition coefficient (Wildman–Crippen LogP) is 1.72. The molecule has 1 aromatic heterocycles. The molecule has 0 unspecified atom stereocenters. The Morgan fingerprint density at radius 3 is 2.94 bits per heavy atom. The van der Waals surface area contributed by atoms with Crippen LogP contribution >= 0.6 is 0 Å². The van der Waals surface area contributed by atoms with Crippen molar-refractivity contribution in [1.82, 2.24) is 9.88 Å². The van der Waals surface area contributed by atoms with Gasteiger partial charge in [0.15, 0.2) is 0 Å². The molecule has 1 saturated carbocycles. The van der Waals surface area contributed by atoms with E-state index in [2.05, 4.69) is 4.98 Å². The van der Waals surface area contributed by atoms with E-state index in [4.69, 9.17) is 4.74 Å². The van der Waals surface area contributed by atoms with E-state index in [1.54, 1.807) is 12.4 Å². The van der Waals surface area contributed by atoms with Crippen molar-refractivity contribution in [3.8, 4) is 0 Å². The Bertz CT molecular complexity index is 411. The fraction of sp³-hybridized carbons (Fsp3) is 0.571. The topological polar surface area (TPSA) is 42.4 Å². The van der Waals surface area contributed by atoms with Crippen molar-refractivity contribution < 1.29 is 9.53 Å². The molecule has 4 heteroatoms. The minimum absolute atomic E-state index is 0.123. The normalized spacial score (nSPS) is 23.0. The zero-order valence-electron chi connectivity index (χ0n) is 10.4. The lowest BCUT2D eigenvalue weighted by molar-refractivity contribution is 0.0706. The molecule has 1 aliphatic heterocycles. The van der Waals surface area contributed by atoms with Gasteiger partial charge >= 0.3 is 0 Å². The van der Waals surface area contributed by atoms with Crippen molar-refractivity contribution in [2.75, 3.05) is 19.8 Å². The number of hydrogen-bond donors (Lipinski definition) is 0. The van der Waals surface area contributed by atoms with Crippen LogP contribution in [-0.2, 0) is 4.74 Å². The summed E-state index contributed by atoms with van der Waals surface area (Å²) in [6.45, 7) is 2.46. The molecule has 0 bridgehead atoms. The van der Waals surface area contributed by atoms with E-state index < -0.39 is 0 Å². The van der Waals surface area contributed by atoms with Crippen molar-refractivity contribution in [3.05, 3.63) is 30.1 Å². The number of rotatable bonds is 4. The van der Waals surface area contributed by atoms with Gasteiger partial charge in [-0.3, -0.25) is 9.78 Å².